The third-order valence-corrected chi connectivity index (χ3v) is 6.56. The highest BCUT2D eigenvalue weighted by molar-refractivity contribution is 6.02. The molecule has 0 aliphatic rings. The number of aliphatic imine (C=N–C) groups is 1. The van der Waals surface area contributed by atoms with E-state index in [9.17, 15) is 19.2 Å². The molecule has 0 spiro atoms. The van der Waals surface area contributed by atoms with E-state index in [4.69, 9.17) is 28.3 Å². The van der Waals surface area contributed by atoms with Crippen molar-refractivity contribution in [3.63, 3.8) is 0 Å². The number of nitrogens with one attached hydrogen (secondary N) is 3. The Morgan fingerprint density at radius 1 is 1.10 bits per heavy atom. The molecule has 0 fully saturated rings. The first-order valence-corrected chi connectivity index (χ1v) is 13.1. The van der Waals surface area contributed by atoms with E-state index >= 15 is 0 Å². The van der Waals surface area contributed by atoms with Crippen molar-refractivity contribution in [2.75, 3.05) is 20.1 Å². The second kappa shape index (κ2) is 16.5. The van der Waals surface area contributed by atoms with Crippen molar-refractivity contribution < 1.29 is 19.2 Å². The van der Waals surface area contributed by atoms with Gasteiger partial charge in [-0.25, -0.2) is 0 Å². The summed E-state index contributed by atoms with van der Waals surface area (Å²) in [6, 6.07) is 4.68. The van der Waals surface area contributed by atoms with Gasteiger partial charge in [0.15, 0.2) is 5.96 Å². The molecule has 1 aromatic rings. The summed E-state index contributed by atoms with van der Waals surface area (Å²) in [6.45, 7) is 7.68. The van der Waals surface area contributed by atoms with Crippen molar-refractivity contribution >= 4 is 35.4 Å². The summed E-state index contributed by atoms with van der Waals surface area (Å²) in [4.78, 5) is 57.4. The van der Waals surface area contributed by atoms with Crippen molar-refractivity contribution in [3.8, 4) is 0 Å². The highest BCUT2D eigenvalue weighted by atomic mass is 16.2. The summed E-state index contributed by atoms with van der Waals surface area (Å²) in [5.74, 6) is -4.03. The number of hydrogen-bond acceptors (Lipinski definition) is 6. The standard InChI is InChI=1S/C27H43N9O4/c1-5-13-33-24(38)19(15-17-9-11-18(12-10-17)22(28)29)26(40)36(4)21(16(3)6-2)25(39)35-20(23(30)37)8-7-14-34-27(31)32/h5,9-12,16,19-21H,1,6-8,13-15H2,2-4H3,(H3,28,29)(H2,30,37)(H,33,38)(H,35,39)(H4,31,32,34)/t16?,19?,20-,21-/m0/s1. The monoisotopic (exact) mass is 557 g/mol. The second-order valence-electron chi connectivity index (χ2n) is 9.59. The van der Waals surface area contributed by atoms with Crippen LogP contribution in [0.4, 0.5) is 0 Å². The lowest BCUT2D eigenvalue weighted by Crippen LogP contribution is -2.57. The molecule has 40 heavy (non-hydrogen) atoms. The van der Waals surface area contributed by atoms with E-state index in [0.717, 1.165) is 0 Å². The first-order valence-electron chi connectivity index (χ1n) is 13.1. The zero-order valence-electron chi connectivity index (χ0n) is 23.5. The Bertz CT molecular complexity index is 1080. The van der Waals surface area contributed by atoms with Crippen LogP contribution in [0.5, 0.6) is 0 Å². The number of primary amides is 1. The minimum Gasteiger partial charge on any atom is -0.384 e. The topological polar surface area (TPSA) is 236 Å². The smallest absolute Gasteiger partial charge is 0.243 e. The van der Waals surface area contributed by atoms with Gasteiger partial charge in [0.1, 0.15) is 23.8 Å². The quantitative estimate of drug-likeness (QED) is 0.0428. The lowest BCUT2D eigenvalue weighted by Gasteiger charge is -2.34. The maximum atomic E-state index is 13.8. The first kappa shape index (κ1) is 33.6. The van der Waals surface area contributed by atoms with Crippen LogP contribution in [0, 0.1) is 17.2 Å². The summed E-state index contributed by atoms with van der Waals surface area (Å²) in [5.41, 5.74) is 22.9. The van der Waals surface area contributed by atoms with Gasteiger partial charge in [-0.3, -0.25) is 29.6 Å². The molecule has 1 aromatic carbocycles. The molecule has 0 radical (unpaired) electrons. The Labute approximate surface area is 235 Å². The van der Waals surface area contributed by atoms with Crippen molar-refractivity contribution in [2.45, 2.75) is 51.6 Å². The molecule has 0 aliphatic heterocycles. The molecular formula is C27H43N9O4. The number of nitrogens with zero attached hydrogens (tertiary/aromatic N) is 2. The molecule has 0 saturated heterocycles. The van der Waals surface area contributed by atoms with E-state index in [2.05, 4.69) is 22.2 Å². The van der Waals surface area contributed by atoms with Crippen molar-refractivity contribution in [1.82, 2.24) is 15.5 Å². The fourth-order valence-corrected chi connectivity index (χ4v) is 4.11. The Hall–Kier alpha value is -4.42. The van der Waals surface area contributed by atoms with Gasteiger partial charge in [-0.15, -0.1) is 6.58 Å². The molecule has 0 bridgehead atoms. The van der Waals surface area contributed by atoms with E-state index in [1.54, 1.807) is 31.2 Å². The van der Waals surface area contributed by atoms with Crippen LogP contribution in [-0.2, 0) is 25.6 Å². The summed E-state index contributed by atoms with van der Waals surface area (Å²) >= 11 is 0. The highest BCUT2D eigenvalue weighted by Crippen LogP contribution is 2.20. The van der Waals surface area contributed by atoms with E-state index in [0.29, 0.717) is 24.0 Å². The maximum absolute atomic E-state index is 13.8. The molecule has 13 heteroatoms. The van der Waals surface area contributed by atoms with Gasteiger partial charge in [-0.2, -0.15) is 0 Å². The Kier molecular flexibility index (Phi) is 13.9. The highest BCUT2D eigenvalue weighted by Gasteiger charge is 2.38. The molecule has 0 aromatic heterocycles. The van der Waals surface area contributed by atoms with Gasteiger partial charge >= 0.3 is 0 Å². The molecular weight excluding hydrogens is 514 g/mol. The van der Waals surface area contributed by atoms with Crippen LogP contribution in [0.25, 0.3) is 0 Å². The Morgan fingerprint density at radius 3 is 2.23 bits per heavy atom. The number of carbonyl (C=O) groups excluding carboxylic acids is 4. The van der Waals surface area contributed by atoms with Crippen LogP contribution in [0.1, 0.15) is 44.2 Å². The zero-order chi connectivity index (χ0) is 30.4. The van der Waals surface area contributed by atoms with Gasteiger partial charge in [0.25, 0.3) is 0 Å². The SMILES string of the molecule is C=CCNC(=O)C(Cc1ccc(C(=N)N)cc1)C(=O)N(C)[C@H](C(=O)N[C@@H](CCCN=C(N)N)C(N)=O)C(C)CC. The maximum Gasteiger partial charge on any atom is 0.243 e. The molecule has 11 N–H and O–H groups in total. The summed E-state index contributed by atoms with van der Waals surface area (Å²) in [6.07, 6.45) is 2.68. The van der Waals surface area contributed by atoms with Crippen LogP contribution in [-0.4, -0.2) is 72.5 Å². The average molecular weight is 558 g/mol. The summed E-state index contributed by atoms with van der Waals surface area (Å²) in [7, 11) is 1.46. The fraction of sp³-hybridized carbons (Fsp3) is 0.481. The van der Waals surface area contributed by atoms with Gasteiger partial charge in [-0.1, -0.05) is 50.6 Å². The minimum atomic E-state index is -1.15. The molecule has 4 amide bonds. The largest absolute Gasteiger partial charge is 0.384 e. The Balaban J connectivity index is 3.23. The average Bonchev–Trinajstić information content (AvgIpc) is 2.91. The number of nitrogen functional groups attached to an aromatic ring is 1. The first-order chi connectivity index (χ1) is 18.8. The van der Waals surface area contributed by atoms with Gasteiger partial charge in [0.05, 0.1) is 0 Å². The number of amidine groups is 1. The third kappa shape index (κ3) is 10.4. The zero-order valence-corrected chi connectivity index (χ0v) is 23.5. The van der Waals surface area contributed by atoms with Crippen LogP contribution < -0.4 is 33.6 Å². The summed E-state index contributed by atoms with van der Waals surface area (Å²) < 4.78 is 0. The van der Waals surface area contributed by atoms with Gasteiger partial charge in [0.2, 0.25) is 23.6 Å². The van der Waals surface area contributed by atoms with E-state index in [1.165, 1.54) is 18.0 Å². The predicted molar refractivity (Wildman–Crippen MR) is 155 cm³/mol. The van der Waals surface area contributed by atoms with Gasteiger partial charge < -0.3 is 38.5 Å². The van der Waals surface area contributed by atoms with Gasteiger partial charge in [-0.05, 0) is 30.7 Å². The molecule has 4 atom stereocenters. The molecule has 2 unspecified atom stereocenters. The molecule has 13 nitrogen and oxygen atoms in total. The molecule has 220 valence electrons. The van der Waals surface area contributed by atoms with Crippen LogP contribution in [0.3, 0.4) is 0 Å². The lowest BCUT2D eigenvalue weighted by atomic mass is 9.92. The van der Waals surface area contributed by atoms with Crippen molar-refractivity contribution in [1.29, 1.82) is 5.41 Å². The number of nitrogens with two attached hydrogens (primary N) is 4. The number of guanidine groups is 1. The van der Waals surface area contributed by atoms with E-state index in [1.807, 2.05) is 6.92 Å². The number of likely N-dealkylation sites (N-methyl/N-ethyl adjacent to an activating group) is 1. The van der Waals surface area contributed by atoms with Crippen LogP contribution in [0.2, 0.25) is 0 Å². The third-order valence-electron chi connectivity index (χ3n) is 6.56. The lowest BCUT2D eigenvalue weighted by molar-refractivity contribution is -0.148. The normalized spacial score (nSPS) is 13.6. The number of amides is 4. The van der Waals surface area contributed by atoms with Crippen molar-refractivity contribution in [2.24, 2.45) is 39.8 Å². The molecule has 0 aliphatic carbocycles. The second-order valence-corrected chi connectivity index (χ2v) is 9.59. The molecule has 1 rings (SSSR count). The fourth-order valence-electron chi connectivity index (χ4n) is 4.11. The van der Waals surface area contributed by atoms with Crippen LogP contribution >= 0.6 is 0 Å². The number of hydrogen-bond donors (Lipinski definition) is 7. The number of benzene rings is 1. The van der Waals surface area contributed by atoms with Gasteiger partial charge in [0, 0.05) is 25.7 Å². The van der Waals surface area contributed by atoms with E-state index in [-0.39, 0.29) is 43.6 Å². The minimum absolute atomic E-state index is 0.0495. The Morgan fingerprint density at radius 2 is 1.73 bits per heavy atom. The number of carbonyl (C=O) groups is 4. The number of rotatable bonds is 17. The molecule has 0 heterocycles. The van der Waals surface area contributed by atoms with Crippen molar-refractivity contribution in [3.05, 3.63) is 48.0 Å². The van der Waals surface area contributed by atoms with Crippen LogP contribution in [0.15, 0.2) is 41.9 Å². The predicted octanol–water partition coefficient (Wildman–Crippen LogP) is -0.672. The van der Waals surface area contributed by atoms with E-state index < -0.39 is 41.6 Å². The summed E-state index contributed by atoms with van der Waals surface area (Å²) in [5, 5.41) is 12.9. The molecule has 0 saturated carbocycles.